The van der Waals surface area contributed by atoms with Crippen LogP contribution < -0.4 is 5.32 Å². The summed E-state index contributed by atoms with van der Waals surface area (Å²) in [6, 6.07) is 3.65. The second kappa shape index (κ2) is 5.87. The minimum absolute atomic E-state index is 0.0651. The molecule has 0 aliphatic rings. The molecule has 1 aromatic rings. The van der Waals surface area contributed by atoms with Crippen molar-refractivity contribution in [3.05, 3.63) is 24.2 Å². The van der Waals surface area contributed by atoms with Gasteiger partial charge in [0.1, 0.15) is 5.76 Å². The molecule has 1 aromatic heterocycles. The largest absolute Gasteiger partial charge is 0.469 e. The molecule has 0 spiro atoms. The van der Waals surface area contributed by atoms with Gasteiger partial charge in [0.15, 0.2) is 0 Å². The number of hydrogen-bond donors (Lipinski definition) is 2. The first kappa shape index (κ1) is 13.8. The fraction of sp³-hybridized carbons (Fsp3) is 0.615. The number of carbonyl (C=O) groups excluding carboxylic acids is 1. The van der Waals surface area contributed by atoms with Gasteiger partial charge in [0, 0.05) is 19.4 Å². The Balaban J connectivity index is 2.22. The maximum absolute atomic E-state index is 11.5. The van der Waals surface area contributed by atoms with Gasteiger partial charge >= 0.3 is 0 Å². The molecular weight excluding hydrogens is 218 g/mol. The van der Waals surface area contributed by atoms with E-state index >= 15 is 0 Å². The van der Waals surface area contributed by atoms with E-state index in [1.807, 2.05) is 26.8 Å². The van der Waals surface area contributed by atoms with Crippen molar-refractivity contribution in [3.8, 4) is 0 Å². The summed E-state index contributed by atoms with van der Waals surface area (Å²) in [4.78, 5) is 11.5. The Hall–Kier alpha value is -1.29. The van der Waals surface area contributed by atoms with Gasteiger partial charge in [-0.1, -0.05) is 20.8 Å². The third-order valence-electron chi connectivity index (χ3n) is 2.67. The van der Waals surface area contributed by atoms with Gasteiger partial charge in [0.05, 0.1) is 12.4 Å². The molecule has 4 nitrogen and oxygen atoms in total. The highest BCUT2D eigenvalue weighted by Crippen LogP contribution is 2.18. The molecule has 0 aliphatic carbocycles. The van der Waals surface area contributed by atoms with E-state index in [1.165, 1.54) is 0 Å². The fourth-order valence-corrected chi connectivity index (χ4v) is 1.30. The number of aliphatic hydroxyl groups excluding tert-OH is 1. The van der Waals surface area contributed by atoms with E-state index < -0.39 is 6.10 Å². The van der Waals surface area contributed by atoms with Crippen LogP contribution in [0.3, 0.4) is 0 Å². The summed E-state index contributed by atoms with van der Waals surface area (Å²) >= 11 is 0. The lowest BCUT2D eigenvalue weighted by molar-refractivity contribution is -0.121. The van der Waals surface area contributed by atoms with Crippen molar-refractivity contribution >= 4 is 5.91 Å². The van der Waals surface area contributed by atoms with E-state index in [-0.39, 0.29) is 11.3 Å². The average molecular weight is 239 g/mol. The van der Waals surface area contributed by atoms with Crippen molar-refractivity contribution in [2.45, 2.75) is 39.7 Å². The van der Waals surface area contributed by atoms with Crippen LogP contribution in [-0.2, 0) is 11.2 Å². The first-order chi connectivity index (χ1) is 7.89. The van der Waals surface area contributed by atoms with Gasteiger partial charge < -0.3 is 14.8 Å². The van der Waals surface area contributed by atoms with E-state index in [9.17, 15) is 9.90 Å². The summed E-state index contributed by atoms with van der Waals surface area (Å²) in [6.45, 7) is 6.10. The summed E-state index contributed by atoms with van der Waals surface area (Å²) < 4.78 is 5.13. The minimum Gasteiger partial charge on any atom is -0.469 e. The average Bonchev–Trinajstić information content (AvgIpc) is 2.74. The molecule has 1 atom stereocenters. The molecule has 4 heteroatoms. The Labute approximate surface area is 102 Å². The number of aliphatic hydroxyl groups is 1. The fourth-order valence-electron chi connectivity index (χ4n) is 1.30. The summed E-state index contributed by atoms with van der Waals surface area (Å²) in [5.41, 5.74) is -0.214. The molecular formula is C13H21NO3. The van der Waals surface area contributed by atoms with Crippen LogP contribution in [0.2, 0.25) is 0 Å². The molecule has 96 valence electrons. The van der Waals surface area contributed by atoms with Crippen LogP contribution >= 0.6 is 0 Å². The van der Waals surface area contributed by atoms with Gasteiger partial charge in [-0.05, 0) is 17.5 Å². The van der Waals surface area contributed by atoms with Gasteiger partial charge in [-0.2, -0.15) is 0 Å². The molecule has 0 aliphatic heterocycles. The van der Waals surface area contributed by atoms with Crippen molar-refractivity contribution < 1.29 is 14.3 Å². The SMILES string of the molecule is CC(C)(C)C(O)CNC(=O)CCc1ccco1. The van der Waals surface area contributed by atoms with Crippen LogP contribution in [0.4, 0.5) is 0 Å². The van der Waals surface area contributed by atoms with Gasteiger partial charge in [-0.15, -0.1) is 0 Å². The second-order valence-corrected chi connectivity index (χ2v) is 5.27. The zero-order valence-corrected chi connectivity index (χ0v) is 10.7. The van der Waals surface area contributed by atoms with Crippen molar-refractivity contribution in [1.82, 2.24) is 5.32 Å². The predicted molar refractivity (Wildman–Crippen MR) is 65.5 cm³/mol. The Bertz CT molecular complexity index is 338. The summed E-state index contributed by atoms with van der Waals surface area (Å²) in [5.74, 6) is 0.737. The minimum atomic E-state index is -0.532. The molecule has 2 N–H and O–H groups in total. The predicted octanol–water partition coefficient (Wildman–Crippen LogP) is 1.74. The molecule has 0 aromatic carbocycles. The van der Waals surface area contributed by atoms with Gasteiger partial charge in [-0.25, -0.2) is 0 Å². The molecule has 0 saturated carbocycles. The van der Waals surface area contributed by atoms with Crippen LogP contribution in [0.15, 0.2) is 22.8 Å². The molecule has 1 rings (SSSR count). The van der Waals surface area contributed by atoms with Crippen LogP contribution in [0.1, 0.15) is 33.0 Å². The topological polar surface area (TPSA) is 62.5 Å². The maximum Gasteiger partial charge on any atom is 0.220 e. The Morgan fingerprint density at radius 2 is 2.24 bits per heavy atom. The number of amides is 1. The Morgan fingerprint density at radius 1 is 1.53 bits per heavy atom. The van der Waals surface area contributed by atoms with Crippen LogP contribution in [0, 0.1) is 5.41 Å². The lowest BCUT2D eigenvalue weighted by atomic mass is 9.89. The van der Waals surface area contributed by atoms with Crippen molar-refractivity contribution in [2.75, 3.05) is 6.54 Å². The lowest BCUT2D eigenvalue weighted by Gasteiger charge is -2.25. The van der Waals surface area contributed by atoms with Gasteiger partial charge in [-0.3, -0.25) is 4.79 Å². The standard InChI is InChI=1S/C13H21NO3/c1-13(2,3)11(15)9-14-12(16)7-6-10-5-4-8-17-10/h4-5,8,11,15H,6-7,9H2,1-3H3,(H,14,16). The quantitative estimate of drug-likeness (QED) is 0.822. The number of furan rings is 1. The first-order valence-electron chi connectivity index (χ1n) is 5.87. The molecule has 0 fully saturated rings. The van der Waals surface area contributed by atoms with E-state index in [1.54, 1.807) is 12.3 Å². The highest BCUT2D eigenvalue weighted by atomic mass is 16.3. The van der Waals surface area contributed by atoms with Crippen molar-refractivity contribution in [2.24, 2.45) is 5.41 Å². The number of carbonyl (C=O) groups is 1. The maximum atomic E-state index is 11.5. The number of hydrogen-bond acceptors (Lipinski definition) is 3. The van der Waals surface area contributed by atoms with Crippen molar-refractivity contribution in [3.63, 3.8) is 0 Å². The molecule has 1 amide bonds. The Morgan fingerprint density at radius 3 is 2.76 bits per heavy atom. The summed E-state index contributed by atoms with van der Waals surface area (Å²) in [7, 11) is 0. The van der Waals surface area contributed by atoms with E-state index in [0.717, 1.165) is 5.76 Å². The van der Waals surface area contributed by atoms with Gasteiger partial charge in [0.2, 0.25) is 5.91 Å². The summed E-state index contributed by atoms with van der Waals surface area (Å²) in [6.07, 6.45) is 2.03. The number of rotatable bonds is 5. The highest BCUT2D eigenvalue weighted by molar-refractivity contribution is 5.76. The van der Waals surface area contributed by atoms with Crippen molar-refractivity contribution in [1.29, 1.82) is 0 Å². The number of aryl methyl sites for hydroxylation is 1. The molecule has 1 heterocycles. The third kappa shape index (κ3) is 5.04. The van der Waals surface area contributed by atoms with Crippen LogP contribution in [0.5, 0.6) is 0 Å². The van der Waals surface area contributed by atoms with E-state index in [4.69, 9.17) is 4.42 Å². The molecule has 0 radical (unpaired) electrons. The molecule has 0 saturated heterocycles. The van der Waals surface area contributed by atoms with Crippen LogP contribution in [0.25, 0.3) is 0 Å². The van der Waals surface area contributed by atoms with E-state index in [0.29, 0.717) is 19.4 Å². The Kier molecular flexibility index (Phi) is 4.75. The summed E-state index contributed by atoms with van der Waals surface area (Å²) in [5, 5.41) is 12.5. The zero-order valence-electron chi connectivity index (χ0n) is 10.7. The smallest absolute Gasteiger partial charge is 0.220 e. The third-order valence-corrected chi connectivity index (χ3v) is 2.67. The zero-order chi connectivity index (χ0) is 12.9. The molecule has 0 bridgehead atoms. The normalized spacial score (nSPS) is 13.4. The molecule has 17 heavy (non-hydrogen) atoms. The highest BCUT2D eigenvalue weighted by Gasteiger charge is 2.22. The lowest BCUT2D eigenvalue weighted by Crippen LogP contribution is -2.39. The molecule has 1 unspecified atom stereocenters. The number of nitrogens with one attached hydrogen (secondary N) is 1. The second-order valence-electron chi connectivity index (χ2n) is 5.27. The van der Waals surface area contributed by atoms with Gasteiger partial charge in [0.25, 0.3) is 0 Å². The van der Waals surface area contributed by atoms with Crippen LogP contribution in [-0.4, -0.2) is 23.7 Å². The van der Waals surface area contributed by atoms with E-state index in [2.05, 4.69) is 5.32 Å². The monoisotopic (exact) mass is 239 g/mol. The first-order valence-corrected chi connectivity index (χ1v) is 5.87.